The summed E-state index contributed by atoms with van der Waals surface area (Å²) in [5.41, 5.74) is 4.03. The van der Waals surface area contributed by atoms with E-state index in [1.54, 1.807) is 6.33 Å². The first-order valence-corrected chi connectivity index (χ1v) is 8.79. The third-order valence-corrected chi connectivity index (χ3v) is 5.27. The first kappa shape index (κ1) is 13.8. The van der Waals surface area contributed by atoms with E-state index in [0.717, 1.165) is 44.2 Å². The van der Waals surface area contributed by atoms with Crippen LogP contribution in [-0.2, 0) is 13.0 Å². The van der Waals surface area contributed by atoms with Crippen molar-refractivity contribution in [3.63, 3.8) is 0 Å². The minimum absolute atomic E-state index is 0.912. The van der Waals surface area contributed by atoms with E-state index in [1.807, 2.05) is 0 Å². The second-order valence-electron chi connectivity index (χ2n) is 6.73. The molecule has 3 aromatic rings. The summed E-state index contributed by atoms with van der Waals surface area (Å²) in [6, 6.07) is 10.7. The molecular formula is C19H21N5. The highest BCUT2D eigenvalue weighted by Gasteiger charge is 2.22. The number of rotatable bonds is 2. The molecular weight excluding hydrogens is 298 g/mol. The Labute approximate surface area is 141 Å². The van der Waals surface area contributed by atoms with E-state index in [2.05, 4.69) is 55.1 Å². The number of benzene rings is 1. The average molecular weight is 319 g/mol. The predicted octanol–water partition coefficient (Wildman–Crippen LogP) is 3.12. The number of nitrogens with one attached hydrogen (secondary N) is 1. The van der Waals surface area contributed by atoms with Crippen LogP contribution >= 0.6 is 0 Å². The van der Waals surface area contributed by atoms with E-state index in [9.17, 15) is 0 Å². The molecule has 5 heteroatoms. The molecule has 4 heterocycles. The Hall–Kier alpha value is -2.56. The molecule has 122 valence electrons. The lowest BCUT2D eigenvalue weighted by molar-refractivity contribution is 0.713. The summed E-state index contributed by atoms with van der Waals surface area (Å²) in [5, 5.41) is 1.34. The van der Waals surface area contributed by atoms with Crippen molar-refractivity contribution >= 4 is 22.5 Å². The largest absolute Gasteiger partial charge is 0.358 e. The van der Waals surface area contributed by atoms with Crippen molar-refractivity contribution in [3.8, 4) is 0 Å². The van der Waals surface area contributed by atoms with Gasteiger partial charge in [0.15, 0.2) is 0 Å². The Kier molecular flexibility index (Phi) is 3.18. The van der Waals surface area contributed by atoms with Crippen LogP contribution in [0.1, 0.15) is 24.1 Å². The fourth-order valence-electron chi connectivity index (χ4n) is 3.99. The number of fused-ring (bicyclic) bond motifs is 3. The lowest BCUT2D eigenvalue weighted by Crippen LogP contribution is -2.31. The highest BCUT2D eigenvalue weighted by Crippen LogP contribution is 2.30. The van der Waals surface area contributed by atoms with E-state index < -0.39 is 0 Å². The summed E-state index contributed by atoms with van der Waals surface area (Å²) in [5.74, 6) is 2.12. The van der Waals surface area contributed by atoms with Gasteiger partial charge in [0.25, 0.3) is 0 Å². The van der Waals surface area contributed by atoms with Gasteiger partial charge < -0.3 is 14.8 Å². The summed E-state index contributed by atoms with van der Waals surface area (Å²) < 4.78 is 0. The van der Waals surface area contributed by atoms with Gasteiger partial charge in [0, 0.05) is 60.8 Å². The predicted molar refractivity (Wildman–Crippen MR) is 96.5 cm³/mol. The van der Waals surface area contributed by atoms with Gasteiger partial charge in [-0.3, -0.25) is 0 Å². The molecule has 1 fully saturated rings. The molecule has 1 saturated heterocycles. The molecule has 0 radical (unpaired) electrons. The van der Waals surface area contributed by atoms with Crippen molar-refractivity contribution < 1.29 is 0 Å². The zero-order chi connectivity index (χ0) is 15.9. The molecule has 5 rings (SSSR count). The molecule has 2 aromatic heterocycles. The standard InChI is InChI=1S/C19H21N5/c1-2-6-16-14(5-1)15-12-24(10-7-17(15)22-16)19-11-18(20-13-21-19)23-8-3-4-9-23/h1-2,5-6,11,13,22H,3-4,7-10,12H2. The summed E-state index contributed by atoms with van der Waals surface area (Å²) >= 11 is 0. The Morgan fingerprint density at radius 2 is 1.71 bits per heavy atom. The number of anilines is 2. The minimum atomic E-state index is 0.912. The molecule has 0 aliphatic carbocycles. The topological polar surface area (TPSA) is 48.1 Å². The maximum atomic E-state index is 4.55. The molecule has 0 spiro atoms. The van der Waals surface area contributed by atoms with Crippen molar-refractivity contribution in [1.29, 1.82) is 0 Å². The lowest BCUT2D eigenvalue weighted by Gasteiger charge is -2.29. The Bertz CT molecular complexity index is 878. The third-order valence-electron chi connectivity index (χ3n) is 5.27. The van der Waals surface area contributed by atoms with E-state index in [0.29, 0.717) is 0 Å². The van der Waals surface area contributed by atoms with Crippen molar-refractivity contribution in [2.45, 2.75) is 25.8 Å². The van der Waals surface area contributed by atoms with Crippen molar-refractivity contribution in [1.82, 2.24) is 15.0 Å². The van der Waals surface area contributed by atoms with E-state index in [1.165, 1.54) is 35.0 Å². The second kappa shape index (κ2) is 5.51. The number of para-hydroxylation sites is 1. The minimum Gasteiger partial charge on any atom is -0.358 e. The van der Waals surface area contributed by atoms with Crippen LogP contribution in [0.2, 0.25) is 0 Å². The number of nitrogens with zero attached hydrogens (tertiary/aromatic N) is 4. The van der Waals surface area contributed by atoms with Crippen LogP contribution in [0.25, 0.3) is 10.9 Å². The van der Waals surface area contributed by atoms with Crippen LogP contribution in [-0.4, -0.2) is 34.6 Å². The first-order chi connectivity index (χ1) is 11.9. The number of H-pyrrole nitrogens is 1. The number of hydrogen-bond donors (Lipinski definition) is 1. The number of aromatic nitrogens is 3. The van der Waals surface area contributed by atoms with Gasteiger partial charge in [0.05, 0.1) is 0 Å². The molecule has 0 bridgehead atoms. The van der Waals surface area contributed by atoms with Crippen LogP contribution in [0.15, 0.2) is 36.7 Å². The molecule has 5 nitrogen and oxygen atoms in total. The van der Waals surface area contributed by atoms with Gasteiger partial charge in [0.1, 0.15) is 18.0 Å². The molecule has 0 unspecified atom stereocenters. The van der Waals surface area contributed by atoms with Gasteiger partial charge in [-0.15, -0.1) is 0 Å². The Balaban J connectivity index is 1.47. The fraction of sp³-hybridized carbons (Fsp3) is 0.368. The van der Waals surface area contributed by atoms with Crippen molar-refractivity contribution in [2.75, 3.05) is 29.4 Å². The zero-order valence-electron chi connectivity index (χ0n) is 13.7. The van der Waals surface area contributed by atoms with Crippen LogP contribution in [0.3, 0.4) is 0 Å². The van der Waals surface area contributed by atoms with Crippen molar-refractivity contribution in [3.05, 3.63) is 47.9 Å². The van der Waals surface area contributed by atoms with Gasteiger partial charge in [-0.1, -0.05) is 18.2 Å². The highest BCUT2D eigenvalue weighted by atomic mass is 15.2. The SMILES string of the molecule is c1ccc2c3c([nH]c2c1)CCN(c1cc(N2CCCC2)ncn1)C3. The highest BCUT2D eigenvalue weighted by molar-refractivity contribution is 5.85. The van der Waals surface area contributed by atoms with Crippen LogP contribution < -0.4 is 9.80 Å². The van der Waals surface area contributed by atoms with Gasteiger partial charge >= 0.3 is 0 Å². The smallest absolute Gasteiger partial charge is 0.134 e. The third kappa shape index (κ3) is 2.23. The molecule has 0 amide bonds. The average Bonchev–Trinajstić information content (AvgIpc) is 3.29. The lowest BCUT2D eigenvalue weighted by atomic mass is 10.0. The maximum absolute atomic E-state index is 4.55. The summed E-state index contributed by atoms with van der Waals surface area (Å²) in [4.78, 5) is 17.4. The molecule has 2 aliphatic rings. The summed E-state index contributed by atoms with van der Waals surface area (Å²) in [7, 11) is 0. The van der Waals surface area contributed by atoms with E-state index >= 15 is 0 Å². The second-order valence-corrected chi connectivity index (χ2v) is 6.73. The van der Waals surface area contributed by atoms with Crippen LogP contribution in [0.5, 0.6) is 0 Å². The van der Waals surface area contributed by atoms with E-state index in [-0.39, 0.29) is 0 Å². The van der Waals surface area contributed by atoms with E-state index in [4.69, 9.17) is 0 Å². The maximum Gasteiger partial charge on any atom is 0.134 e. The van der Waals surface area contributed by atoms with Crippen molar-refractivity contribution in [2.24, 2.45) is 0 Å². The monoisotopic (exact) mass is 319 g/mol. The molecule has 0 saturated carbocycles. The molecule has 1 N–H and O–H groups in total. The van der Waals surface area contributed by atoms with Crippen LogP contribution in [0.4, 0.5) is 11.6 Å². The number of aromatic amines is 1. The van der Waals surface area contributed by atoms with Crippen LogP contribution in [0, 0.1) is 0 Å². The Morgan fingerprint density at radius 3 is 2.58 bits per heavy atom. The fourth-order valence-corrected chi connectivity index (χ4v) is 3.99. The Morgan fingerprint density at radius 1 is 0.917 bits per heavy atom. The first-order valence-electron chi connectivity index (χ1n) is 8.79. The summed E-state index contributed by atoms with van der Waals surface area (Å²) in [6.45, 7) is 4.14. The van der Waals surface area contributed by atoms with Gasteiger partial charge in [-0.25, -0.2) is 9.97 Å². The normalized spacial score (nSPS) is 17.5. The quantitative estimate of drug-likeness (QED) is 0.788. The number of hydrogen-bond acceptors (Lipinski definition) is 4. The zero-order valence-corrected chi connectivity index (χ0v) is 13.7. The summed E-state index contributed by atoms with van der Waals surface area (Å²) in [6.07, 6.45) is 5.28. The molecule has 24 heavy (non-hydrogen) atoms. The molecule has 2 aliphatic heterocycles. The van der Waals surface area contributed by atoms with Gasteiger partial charge in [0.2, 0.25) is 0 Å². The molecule has 1 aromatic carbocycles. The van der Waals surface area contributed by atoms with Gasteiger partial charge in [-0.2, -0.15) is 0 Å². The van der Waals surface area contributed by atoms with Gasteiger partial charge in [-0.05, 0) is 18.9 Å². The molecule has 0 atom stereocenters.